The van der Waals surface area contributed by atoms with Crippen molar-refractivity contribution in [1.82, 2.24) is 4.90 Å². The molecule has 1 fully saturated rings. The zero-order valence-electron chi connectivity index (χ0n) is 17.4. The Morgan fingerprint density at radius 3 is 2.43 bits per heavy atom. The lowest BCUT2D eigenvalue weighted by Crippen LogP contribution is -2.39. The van der Waals surface area contributed by atoms with E-state index in [4.69, 9.17) is 9.47 Å². The predicted molar refractivity (Wildman–Crippen MR) is 113 cm³/mol. The zero-order chi connectivity index (χ0) is 19.9. The lowest BCUT2D eigenvalue weighted by Gasteiger charge is -2.27. The largest absolute Gasteiger partial charge is 0.491 e. The van der Waals surface area contributed by atoms with Crippen LogP contribution in [0.25, 0.3) is 0 Å². The second kappa shape index (κ2) is 10.1. The van der Waals surface area contributed by atoms with Gasteiger partial charge in [-0.2, -0.15) is 0 Å². The Morgan fingerprint density at radius 2 is 1.79 bits per heavy atom. The summed E-state index contributed by atoms with van der Waals surface area (Å²) >= 11 is 0. The highest BCUT2D eigenvalue weighted by Crippen LogP contribution is 2.18. The van der Waals surface area contributed by atoms with Gasteiger partial charge >= 0.3 is 0 Å². The number of aryl methyl sites for hydroxylation is 3. The Hall–Kier alpha value is -1.88. The lowest BCUT2D eigenvalue weighted by molar-refractivity contribution is 0.0313. The van der Waals surface area contributed by atoms with E-state index < -0.39 is 6.10 Å². The van der Waals surface area contributed by atoms with Crippen molar-refractivity contribution in [1.29, 1.82) is 0 Å². The van der Waals surface area contributed by atoms with E-state index in [-0.39, 0.29) is 6.10 Å². The standard InChI is InChI=1S/C24H33NO3/c1-18-6-8-21(9-7-18)14-25(16-23-5-4-10-27-23)15-22(26)17-28-24-12-19(2)11-20(3)13-24/h6-9,11-13,22-23,26H,4-5,10,14-17H2,1-3H3. The second-order valence-electron chi connectivity index (χ2n) is 8.10. The maximum absolute atomic E-state index is 10.6. The van der Waals surface area contributed by atoms with Gasteiger partial charge in [-0.15, -0.1) is 0 Å². The molecular weight excluding hydrogens is 350 g/mol. The highest BCUT2D eigenvalue weighted by molar-refractivity contribution is 5.33. The summed E-state index contributed by atoms with van der Waals surface area (Å²) in [5.41, 5.74) is 4.86. The van der Waals surface area contributed by atoms with E-state index >= 15 is 0 Å². The van der Waals surface area contributed by atoms with E-state index in [2.05, 4.69) is 56.0 Å². The molecule has 0 spiro atoms. The Balaban J connectivity index is 1.57. The van der Waals surface area contributed by atoms with E-state index in [1.165, 1.54) is 22.3 Å². The first-order valence-corrected chi connectivity index (χ1v) is 10.3. The normalized spacial score (nSPS) is 17.8. The van der Waals surface area contributed by atoms with Crippen LogP contribution in [-0.4, -0.2) is 48.5 Å². The summed E-state index contributed by atoms with van der Waals surface area (Å²) in [6, 6.07) is 14.7. The van der Waals surface area contributed by atoms with Crippen molar-refractivity contribution in [2.45, 2.75) is 52.4 Å². The Bertz CT molecular complexity index is 718. The highest BCUT2D eigenvalue weighted by Gasteiger charge is 2.21. The Kier molecular flexibility index (Phi) is 7.49. The molecule has 1 N–H and O–H groups in total. The molecule has 2 aromatic carbocycles. The molecule has 1 aliphatic heterocycles. The fourth-order valence-electron chi connectivity index (χ4n) is 3.79. The Morgan fingerprint density at radius 1 is 1.07 bits per heavy atom. The summed E-state index contributed by atoms with van der Waals surface area (Å²) in [4.78, 5) is 2.29. The number of ether oxygens (including phenoxy) is 2. The van der Waals surface area contributed by atoms with Crippen molar-refractivity contribution in [2.24, 2.45) is 0 Å². The zero-order valence-corrected chi connectivity index (χ0v) is 17.4. The molecule has 2 unspecified atom stereocenters. The van der Waals surface area contributed by atoms with Crippen molar-refractivity contribution >= 4 is 0 Å². The quantitative estimate of drug-likeness (QED) is 0.710. The predicted octanol–water partition coefficient (Wildman–Crippen LogP) is 4.03. The van der Waals surface area contributed by atoms with Gasteiger partial charge in [0, 0.05) is 26.2 Å². The van der Waals surface area contributed by atoms with Crippen LogP contribution in [-0.2, 0) is 11.3 Å². The molecule has 0 saturated carbocycles. The van der Waals surface area contributed by atoms with Crippen LogP contribution in [0.3, 0.4) is 0 Å². The van der Waals surface area contributed by atoms with E-state index in [9.17, 15) is 5.11 Å². The van der Waals surface area contributed by atoms with Gasteiger partial charge in [0.15, 0.2) is 0 Å². The number of nitrogens with zero attached hydrogens (tertiary/aromatic N) is 1. The summed E-state index contributed by atoms with van der Waals surface area (Å²) < 4.78 is 11.7. The first kappa shape index (κ1) is 20.8. The number of aliphatic hydroxyl groups is 1. The van der Waals surface area contributed by atoms with Crippen LogP contribution in [0.15, 0.2) is 42.5 Å². The van der Waals surface area contributed by atoms with Crippen molar-refractivity contribution in [2.75, 3.05) is 26.3 Å². The Labute approximate surface area is 169 Å². The molecule has 0 radical (unpaired) electrons. The van der Waals surface area contributed by atoms with Crippen molar-refractivity contribution in [3.8, 4) is 5.75 Å². The molecular formula is C24H33NO3. The molecule has 28 heavy (non-hydrogen) atoms. The molecule has 2 aromatic rings. The van der Waals surface area contributed by atoms with Gasteiger partial charge < -0.3 is 14.6 Å². The fourth-order valence-corrected chi connectivity index (χ4v) is 3.79. The van der Waals surface area contributed by atoms with Gasteiger partial charge in [-0.1, -0.05) is 35.9 Å². The number of aliphatic hydroxyl groups excluding tert-OH is 1. The third-order valence-corrected chi connectivity index (χ3v) is 5.12. The maximum Gasteiger partial charge on any atom is 0.119 e. The van der Waals surface area contributed by atoms with Crippen LogP contribution >= 0.6 is 0 Å². The van der Waals surface area contributed by atoms with Gasteiger partial charge in [-0.25, -0.2) is 0 Å². The van der Waals surface area contributed by atoms with E-state index in [1.54, 1.807) is 0 Å². The summed E-state index contributed by atoms with van der Waals surface area (Å²) in [5.74, 6) is 0.820. The summed E-state index contributed by atoms with van der Waals surface area (Å²) in [6.07, 6.45) is 1.94. The molecule has 1 saturated heterocycles. The summed E-state index contributed by atoms with van der Waals surface area (Å²) in [5, 5.41) is 10.6. The van der Waals surface area contributed by atoms with Gasteiger partial charge in [0.05, 0.1) is 6.10 Å². The molecule has 1 aliphatic rings. The molecule has 4 heteroatoms. The average molecular weight is 384 g/mol. The first-order valence-electron chi connectivity index (χ1n) is 10.3. The second-order valence-corrected chi connectivity index (χ2v) is 8.10. The summed E-state index contributed by atoms with van der Waals surface area (Å²) in [6.45, 7) is 9.57. The van der Waals surface area contributed by atoms with Crippen LogP contribution < -0.4 is 4.74 Å². The molecule has 4 nitrogen and oxygen atoms in total. The number of benzene rings is 2. The topological polar surface area (TPSA) is 41.9 Å². The van der Waals surface area contributed by atoms with Gasteiger partial charge in [0.2, 0.25) is 0 Å². The minimum Gasteiger partial charge on any atom is -0.491 e. The van der Waals surface area contributed by atoms with E-state index in [0.717, 1.165) is 38.3 Å². The lowest BCUT2D eigenvalue weighted by atomic mass is 10.1. The van der Waals surface area contributed by atoms with Crippen LogP contribution in [0.1, 0.15) is 35.1 Å². The van der Waals surface area contributed by atoms with Crippen molar-refractivity contribution in [3.05, 3.63) is 64.7 Å². The van der Waals surface area contributed by atoms with Crippen molar-refractivity contribution in [3.63, 3.8) is 0 Å². The van der Waals surface area contributed by atoms with Gasteiger partial charge in [-0.05, 0) is 62.4 Å². The number of rotatable bonds is 9. The number of hydrogen-bond donors (Lipinski definition) is 1. The van der Waals surface area contributed by atoms with Crippen LogP contribution in [0.4, 0.5) is 0 Å². The number of hydrogen-bond acceptors (Lipinski definition) is 4. The molecule has 0 aliphatic carbocycles. The molecule has 0 amide bonds. The van der Waals surface area contributed by atoms with Crippen LogP contribution in [0.2, 0.25) is 0 Å². The fraction of sp³-hybridized carbons (Fsp3) is 0.500. The van der Waals surface area contributed by atoms with Crippen LogP contribution in [0.5, 0.6) is 5.75 Å². The van der Waals surface area contributed by atoms with E-state index in [1.807, 2.05) is 12.1 Å². The molecule has 3 rings (SSSR count). The maximum atomic E-state index is 10.6. The average Bonchev–Trinajstić information content (AvgIpc) is 3.14. The smallest absolute Gasteiger partial charge is 0.119 e. The molecule has 2 atom stereocenters. The molecule has 0 aromatic heterocycles. The SMILES string of the molecule is Cc1ccc(CN(CC(O)COc2cc(C)cc(C)c2)CC2CCCO2)cc1. The minimum absolute atomic E-state index is 0.262. The van der Waals surface area contributed by atoms with Gasteiger partial charge in [0.25, 0.3) is 0 Å². The summed E-state index contributed by atoms with van der Waals surface area (Å²) in [7, 11) is 0. The van der Waals surface area contributed by atoms with E-state index in [0.29, 0.717) is 13.2 Å². The third-order valence-electron chi connectivity index (χ3n) is 5.12. The van der Waals surface area contributed by atoms with Crippen molar-refractivity contribution < 1.29 is 14.6 Å². The highest BCUT2D eigenvalue weighted by atomic mass is 16.5. The molecule has 152 valence electrons. The minimum atomic E-state index is -0.548. The van der Waals surface area contributed by atoms with Gasteiger partial charge in [0.1, 0.15) is 18.5 Å². The monoisotopic (exact) mass is 383 g/mol. The first-order chi connectivity index (χ1) is 13.5. The third kappa shape index (κ3) is 6.62. The molecule has 1 heterocycles. The van der Waals surface area contributed by atoms with Crippen LogP contribution in [0, 0.1) is 20.8 Å². The molecule has 0 bridgehead atoms. The van der Waals surface area contributed by atoms with Gasteiger partial charge in [-0.3, -0.25) is 4.90 Å².